The number of carbonyl (C=O) groups is 1. The summed E-state index contributed by atoms with van der Waals surface area (Å²) in [5.41, 5.74) is 6.05. The van der Waals surface area contributed by atoms with Crippen LogP contribution in [0.1, 0.15) is 10.4 Å². The Morgan fingerprint density at radius 1 is 1.62 bits per heavy atom. The molecule has 16 heavy (non-hydrogen) atoms. The molecular formula is C10H11ClN2O3. The molecule has 0 bridgehead atoms. The Labute approximate surface area is 97.5 Å². The molecule has 0 aromatic heterocycles. The fourth-order valence-corrected chi connectivity index (χ4v) is 1.15. The van der Waals surface area contributed by atoms with E-state index in [-0.39, 0.29) is 17.3 Å². The molecule has 1 rings (SSSR count). The van der Waals surface area contributed by atoms with Crippen molar-refractivity contribution in [3.63, 3.8) is 0 Å². The van der Waals surface area contributed by atoms with Gasteiger partial charge in [-0.05, 0) is 18.2 Å². The van der Waals surface area contributed by atoms with E-state index in [1.165, 1.54) is 25.3 Å². The van der Waals surface area contributed by atoms with Gasteiger partial charge in [0.1, 0.15) is 17.3 Å². The van der Waals surface area contributed by atoms with Gasteiger partial charge in [0.2, 0.25) is 0 Å². The summed E-state index contributed by atoms with van der Waals surface area (Å²) in [7, 11) is 1.43. The quantitative estimate of drug-likeness (QED) is 0.477. The van der Waals surface area contributed by atoms with Crippen LogP contribution in [-0.4, -0.2) is 29.9 Å². The van der Waals surface area contributed by atoms with Crippen molar-refractivity contribution in [2.24, 2.45) is 10.7 Å². The first-order valence-corrected chi connectivity index (χ1v) is 4.92. The molecule has 0 aliphatic heterocycles. The highest BCUT2D eigenvalue weighted by molar-refractivity contribution is 6.28. The largest absolute Gasteiger partial charge is 0.494 e. The van der Waals surface area contributed by atoms with E-state index in [1.54, 1.807) is 0 Å². The molecule has 1 aromatic rings. The highest BCUT2D eigenvalue weighted by atomic mass is 35.5. The molecule has 0 aliphatic carbocycles. The average Bonchev–Trinajstić information content (AvgIpc) is 2.29. The highest BCUT2D eigenvalue weighted by Crippen LogP contribution is 2.28. The van der Waals surface area contributed by atoms with E-state index in [0.717, 1.165) is 0 Å². The third kappa shape index (κ3) is 2.87. The van der Waals surface area contributed by atoms with Gasteiger partial charge in [-0.15, -0.1) is 11.6 Å². The molecule has 0 aliphatic rings. The number of rotatable bonds is 4. The second-order valence-electron chi connectivity index (χ2n) is 2.93. The maximum atomic E-state index is 10.7. The van der Waals surface area contributed by atoms with Crippen LogP contribution < -0.4 is 10.5 Å². The van der Waals surface area contributed by atoms with E-state index in [9.17, 15) is 4.79 Å². The van der Waals surface area contributed by atoms with Gasteiger partial charge in [-0.3, -0.25) is 0 Å². The first-order chi connectivity index (χ1) is 7.58. The van der Waals surface area contributed by atoms with Gasteiger partial charge in [0.05, 0.1) is 18.6 Å². The number of alkyl halides is 1. The molecule has 0 amide bonds. The highest BCUT2D eigenvalue weighted by Gasteiger charge is 2.08. The van der Waals surface area contributed by atoms with Crippen LogP contribution in [0.15, 0.2) is 23.2 Å². The SMILES string of the molecule is COc1cc(C(=O)O)ccc1N=C(N)CCl. The summed E-state index contributed by atoms with van der Waals surface area (Å²) < 4.78 is 5.01. The van der Waals surface area contributed by atoms with E-state index in [4.69, 9.17) is 27.2 Å². The van der Waals surface area contributed by atoms with E-state index < -0.39 is 5.97 Å². The normalized spacial score (nSPS) is 11.2. The smallest absolute Gasteiger partial charge is 0.335 e. The molecule has 86 valence electrons. The first kappa shape index (κ1) is 12.3. The van der Waals surface area contributed by atoms with E-state index in [2.05, 4.69) is 4.99 Å². The van der Waals surface area contributed by atoms with E-state index in [0.29, 0.717) is 11.4 Å². The van der Waals surface area contributed by atoms with Crippen LogP contribution in [0, 0.1) is 0 Å². The molecule has 0 spiro atoms. The van der Waals surface area contributed by atoms with Gasteiger partial charge >= 0.3 is 5.97 Å². The minimum absolute atomic E-state index is 0.101. The maximum Gasteiger partial charge on any atom is 0.335 e. The van der Waals surface area contributed by atoms with Gasteiger partial charge in [0.25, 0.3) is 0 Å². The molecule has 5 nitrogen and oxygen atoms in total. The molecule has 1 aromatic carbocycles. The minimum atomic E-state index is -1.03. The number of nitrogens with zero attached hydrogens (tertiary/aromatic N) is 1. The van der Waals surface area contributed by atoms with Gasteiger partial charge in [-0.2, -0.15) is 0 Å². The summed E-state index contributed by atoms with van der Waals surface area (Å²) in [6.07, 6.45) is 0. The van der Waals surface area contributed by atoms with Gasteiger partial charge in [-0.25, -0.2) is 9.79 Å². The average molecular weight is 243 g/mol. The second kappa shape index (κ2) is 5.37. The number of carboxylic acids is 1. The predicted octanol–water partition coefficient (Wildman–Crippen LogP) is 1.62. The number of methoxy groups -OCH3 is 1. The lowest BCUT2D eigenvalue weighted by molar-refractivity contribution is 0.0696. The van der Waals surface area contributed by atoms with Crippen LogP contribution >= 0.6 is 11.6 Å². The summed E-state index contributed by atoms with van der Waals surface area (Å²) in [4.78, 5) is 14.7. The fraction of sp³-hybridized carbons (Fsp3) is 0.200. The number of aliphatic imine (C=N–C) groups is 1. The van der Waals surface area contributed by atoms with Crippen molar-refractivity contribution in [3.05, 3.63) is 23.8 Å². The van der Waals surface area contributed by atoms with Gasteiger partial charge in [-0.1, -0.05) is 0 Å². The lowest BCUT2D eigenvalue weighted by Gasteiger charge is -2.06. The molecule has 0 saturated heterocycles. The van der Waals surface area contributed by atoms with Crippen LogP contribution in [0.25, 0.3) is 0 Å². The third-order valence-corrected chi connectivity index (χ3v) is 2.10. The number of ether oxygens (including phenoxy) is 1. The summed E-state index contributed by atoms with van der Waals surface area (Å²) in [5, 5.41) is 8.79. The fourth-order valence-electron chi connectivity index (χ4n) is 1.09. The monoisotopic (exact) mass is 242 g/mol. The van der Waals surface area contributed by atoms with Crippen LogP contribution in [0.4, 0.5) is 5.69 Å². The first-order valence-electron chi connectivity index (χ1n) is 4.38. The molecule has 0 heterocycles. The number of benzene rings is 1. The number of nitrogens with two attached hydrogens (primary N) is 1. The zero-order chi connectivity index (χ0) is 12.1. The van der Waals surface area contributed by atoms with Gasteiger partial charge in [0.15, 0.2) is 0 Å². The summed E-state index contributed by atoms with van der Waals surface area (Å²) >= 11 is 5.49. The van der Waals surface area contributed by atoms with Crippen molar-refractivity contribution in [2.45, 2.75) is 0 Å². The maximum absolute atomic E-state index is 10.7. The number of hydrogen-bond donors (Lipinski definition) is 2. The van der Waals surface area contributed by atoms with Crippen LogP contribution in [0.3, 0.4) is 0 Å². The van der Waals surface area contributed by atoms with Crippen molar-refractivity contribution in [1.82, 2.24) is 0 Å². The van der Waals surface area contributed by atoms with Crippen molar-refractivity contribution in [1.29, 1.82) is 0 Å². The molecule has 3 N–H and O–H groups in total. The zero-order valence-corrected chi connectivity index (χ0v) is 9.36. The number of carboxylic acid groups (broad SMARTS) is 1. The lowest BCUT2D eigenvalue weighted by atomic mass is 10.2. The summed E-state index contributed by atoms with van der Waals surface area (Å²) in [6.45, 7) is 0. The van der Waals surface area contributed by atoms with Crippen molar-refractivity contribution >= 4 is 29.1 Å². The Balaban J connectivity index is 3.17. The number of aromatic carboxylic acids is 1. The molecule has 0 saturated carbocycles. The molecule has 0 atom stereocenters. The summed E-state index contributed by atoms with van der Waals surface area (Å²) in [6, 6.07) is 4.32. The van der Waals surface area contributed by atoms with Gasteiger partial charge in [0, 0.05) is 0 Å². The standard InChI is InChI=1S/C10H11ClN2O3/c1-16-8-4-6(10(14)15)2-3-7(8)13-9(12)5-11/h2-4H,5H2,1H3,(H2,12,13)(H,14,15). The Hall–Kier alpha value is -1.75. The van der Waals surface area contributed by atoms with Crippen molar-refractivity contribution in [2.75, 3.05) is 13.0 Å². The van der Waals surface area contributed by atoms with Crippen molar-refractivity contribution in [3.8, 4) is 5.75 Å². The van der Waals surface area contributed by atoms with Crippen molar-refractivity contribution < 1.29 is 14.6 Å². The second-order valence-corrected chi connectivity index (χ2v) is 3.20. The number of amidine groups is 1. The molecule has 6 heteroatoms. The van der Waals surface area contributed by atoms with Crippen LogP contribution in [0.2, 0.25) is 0 Å². The molecular weight excluding hydrogens is 232 g/mol. The Kier molecular flexibility index (Phi) is 4.13. The topological polar surface area (TPSA) is 84.9 Å². The molecule has 0 radical (unpaired) electrons. The Morgan fingerprint density at radius 2 is 2.31 bits per heavy atom. The van der Waals surface area contributed by atoms with Crippen LogP contribution in [-0.2, 0) is 0 Å². The van der Waals surface area contributed by atoms with E-state index >= 15 is 0 Å². The summed E-state index contributed by atoms with van der Waals surface area (Å²) in [5.74, 6) is -0.348. The van der Waals surface area contributed by atoms with Gasteiger partial charge < -0.3 is 15.6 Å². The van der Waals surface area contributed by atoms with E-state index in [1.807, 2.05) is 0 Å². The minimum Gasteiger partial charge on any atom is -0.494 e. The lowest BCUT2D eigenvalue weighted by Crippen LogP contribution is -2.12. The number of hydrogen-bond acceptors (Lipinski definition) is 3. The van der Waals surface area contributed by atoms with Crippen LogP contribution in [0.5, 0.6) is 5.75 Å². The molecule has 0 unspecified atom stereocenters. The number of halogens is 1. The Bertz CT molecular complexity index is 432. The predicted molar refractivity (Wildman–Crippen MR) is 62.0 cm³/mol. The molecule has 0 fully saturated rings. The third-order valence-electron chi connectivity index (χ3n) is 1.83. The zero-order valence-electron chi connectivity index (χ0n) is 8.61. The Morgan fingerprint density at radius 3 is 2.81 bits per heavy atom.